The standard InChI is InChI=1S/C13H18BrNO3/c1-9(17)10-2-3-13(12(14)6-10)15-4-5-18-11(7-15)8-16/h2-3,6,9,11,16-17H,4-5,7-8H2,1H3. The number of aliphatic hydroxyl groups is 2. The fourth-order valence-corrected chi connectivity index (χ4v) is 2.74. The highest BCUT2D eigenvalue weighted by atomic mass is 79.9. The Labute approximate surface area is 115 Å². The first-order chi connectivity index (χ1) is 8.61. The van der Waals surface area contributed by atoms with E-state index in [0.29, 0.717) is 13.2 Å². The van der Waals surface area contributed by atoms with Gasteiger partial charge < -0.3 is 19.8 Å². The van der Waals surface area contributed by atoms with Crippen LogP contribution in [-0.2, 0) is 4.74 Å². The molecule has 1 aromatic rings. The first kappa shape index (κ1) is 13.8. The number of nitrogens with zero attached hydrogens (tertiary/aromatic N) is 1. The van der Waals surface area contributed by atoms with Crippen molar-refractivity contribution in [2.24, 2.45) is 0 Å². The van der Waals surface area contributed by atoms with E-state index in [0.717, 1.165) is 22.3 Å². The molecule has 1 fully saturated rings. The van der Waals surface area contributed by atoms with Crippen molar-refractivity contribution in [3.8, 4) is 0 Å². The molecule has 2 unspecified atom stereocenters. The smallest absolute Gasteiger partial charge is 0.0980 e. The van der Waals surface area contributed by atoms with Crippen LogP contribution < -0.4 is 4.90 Å². The average molecular weight is 316 g/mol. The van der Waals surface area contributed by atoms with Gasteiger partial charge in [-0.15, -0.1) is 0 Å². The van der Waals surface area contributed by atoms with E-state index in [2.05, 4.69) is 20.8 Å². The molecule has 1 aromatic carbocycles. The second-order valence-corrected chi connectivity index (χ2v) is 5.36. The number of halogens is 1. The first-order valence-corrected chi connectivity index (χ1v) is 6.86. The van der Waals surface area contributed by atoms with Crippen LogP contribution in [0.2, 0.25) is 0 Å². The maximum atomic E-state index is 9.54. The van der Waals surface area contributed by atoms with E-state index in [4.69, 9.17) is 9.84 Å². The Bertz CT molecular complexity index is 411. The summed E-state index contributed by atoms with van der Waals surface area (Å²) in [7, 11) is 0. The van der Waals surface area contributed by atoms with Crippen LogP contribution in [0, 0.1) is 0 Å². The predicted octanol–water partition coefficient (Wildman–Crippen LogP) is 1.70. The largest absolute Gasteiger partial charge is 0.394 e. The fraction of sp³-hybridized carbons (Fsp3) is 0.538. The summed E-state index contributed by atoms with van der Waals surface area (Å²) in [5, 5.41) is 18.7. The summed E-state index contributed by atoms with van der Waals surface area (Å²) in [6, 6.07) is 5.85. The molecular weight excluding hydrogens is 298 g/mol. The Kier molecular flexibility index (Phi) is 4.61. The van der Waals surface area contributed by atoms with Crippen molar-refractivity contribution in [1.29, 1.82) is 0 Å². The van der Waals surface area contributed by atoms with E-state index in [1.165, 1.54) is 0 Å². The molecule has 1 aliphatic heterocycles. The normalized spacial score (nSPS) is 22.0. The van der Waals surface area contributed by atoms with Gasteiger partial charge in [0.1, 0.15) is 0 Å². The molecule has 0 radical (unpaired) electrons. The maximum Gasteiger partial charge on any atom is 0.0980 e. The summed E-state index contributed by atoms with van der Waals surface area (Å²) >= 11 is 3.54. The van der Waals surface area contributed by atoms with Crippen LogP contribution in [0.1, 0.15) is 18.6 Å². The number of morpholine rings is 1. The molecular formula is C13H18BrNO3. The molecule has 0 amide bonds. The second-order valence-electron chi connectivity index (χ2n) is 4.51. The monoisotopic (exact) mass is 315 g/mol. The molecule has 18 heavy (non-hydrogen) atoms. The minimum absolute atomic E-state index is 0.0415. The number of hydrogen-bond acceptors (Lipinski definition) is 4. The number of ether oxygens (including phenoxy) is 1. The zero-order valence-corrected chi connectivity index (χ0v) is 11.9. The fourth-order valence-electron chi connectivity index (χ4n) is 2.09. The molecule has 2 rings (SSSR count). The van der Waals surface area contributed by atoms with Gasteiger partial charge in [0, 0.05) is 17.6 Å². The zero-order valence-electron chi connectivity index (χ0n) is 10.3. The SMILES string of the molecule is CC(O)c1ccc(N2CCOC(CO)C2)c(Br)c1. The molecule has 0 spiro atoms. The van der Waals surface area contributed by atoms with Gasteiger partial charge in [0.05, 0.1) is 31.1 Å². The van der Waals surface area contributed by atoms with Crippen LogP contribution in [-0.4, -0.2) is 42.6 Å². The van der Waals surface area contributed by atoms with Crippen LogP contribution in [0.4, 0.5) is 5.69 Å². The lowest BCUT2D eigenvalue weighted by atomic mass is 10.1. The Morgan fingerprint density at radius 3 is 2.94 bits per heavy atom. The van der Waals surface area contributed by atoms with E-state index in [1.807, 2.05) is 18.2 Å². The van der Waals surface area contributed by atoms with Gasteiger partial charge in [-0.1, -0.05) is 6.07 Å². The van der Waals surface area contributed by atoms with Crippen LogP contribution in [0.15, 0.2) is 22.7 Å². The summed E-state index contributed by atoms with van der Waals surface area (Å²) in [6.07, 6.45) is -0.590. The average Bonchev–Trinajstić information content (AvgIpc) is 2.38. The van der Waals surface area contributed by atoms with Crippen molar-refractivity contribution in [2.75, 3.05) is 31.2 Å². The maximum absolute atomic E-state index is 9.54. The summed E-state index contributed by atoms with van der Waals surface area (Å²) < 4.78 is 6.39. The van der Waals surface area contributed by atoms with Gasteiger partial charge in [-0.05, 0) is 40.5 Å². The topological polar surface area (TPSA) is 52.9 Å². The summed E-state index contributed by atoms with van der Waals surface area (Å²) in [5.74, 6) is 0. The molecule has 4 nitrogen and oxygen atoms in total. The van der Waals surface area contributed by atoms with Crippen molar-refractivity contribution in [3.63, 3.8) is 0 Å². The molecule has 2 N–H and O–H groups in total. The van der Waals surface area contributed by atoms with Crippen molar-refractivity contribution >= 4 is 21.6 Å². The minimum atomic E-state index is -0.467. The number of anilines is 1. The van der Waals surface area contributed by atoms with Crippen LogP contribution in [0.3, 0.4) is 0 Å². The van der Waals surface area contributed by atoms with Gasteiger partial charge in [-0.25, -0.2) is 0 Å². The highest BCUT2D eigenvalue weighted by molar-refractivity contribution is 9.10. The van der Waals surface area contributed by atoms with Gasteiger partial charge in [-0.2, -0.15) is 0 Å². The van der Waals surface area contributed by atoms with Crippen LogP contribution in [0.5, 0.6) is 0 Å². The van der Waals surface area contributed by atoms with Crippen molar-refractivity contribution < 1.29 is 14.9 Å². The third kappa shape index (κ3) is 3.03. The summed E-state index contributed by atoms with van der Waals surface area (Å²) in [4.78, 5) is 2.18. The molecule has 0 saturated carbocycles. The molecule has 1 aliphatic rings. The zero-order chi connectivity index (χ0) is 13.1. The molecule has 0 bridgehead atoms. The Morgan fingerprint density at radius 1 is 1.56 bits per heavy atom. The van der Waals surface area contributed by atoms with E-state index in [9.17, 15) is 5.11 Å². The van der Waals surface area contributed by atoms with Crippen molar-refractivity contribution in [1.82, 2.24) is 0 Å². The quantitative estimate of drug-likeness (QED) is 0.891. The minimum Gasteiger partial charge on any atom is -0.394 e. The van der Waals surface area contributed by atoms with Gasteiger partial charge in [0.15, 0.2) is 0 Å². The van der Waals surface area contributed by atoms with Crippen LogP contribution in [0.25, 0.3) is 0 Å². The highest BCUT2D eigenvalue weighted by Crippen LogP contribution is 2.30. The van der Waals surface area contributed by atoms with E-state index >= 15 is 0 Å². The lowest BCUT2D eigenvalue weighted by molar-refractivity contribution is 0.00353. The second kappa shape index (κ2) is 6.02. The summed E-state index contributed by atoms with van der Waals surface area (Å²) in [5.41, 5.74) is 1.96. The summed E-state index contributed by atoms with van der Waals surface area (Å²) in [6.45, 7) is 3.90. The third-order valence-corrected chi connectivity index (χ3v) is 3.77. The first-order valence-electron chi connectivity index (χ1n) is 6.06. The lowest BCUT2D eigenvalue weighted by Gasteiger charge is -2.34. The van der Waals surface area contributed by atoms with E-state index in [1.54, 1.807) is 6.92 Å². The van der Waals surface area contributed by atoms with Gasteiger partial charge >= 0.3 is 0 Å². The molecule has 2 atom stereocenters. The predicted molar refractivity (Wildman–Crippen MR) is 73.8 cm³/mol. The lowest BCUT2D eigenvalue weighted by Crippen LogP contribution is -2.44. The Hall–Kier alpha value is -0.620. The number of rotatable bonds is 3. The molecule has 100 valence electrons. The molecule has 5 heteroatoms. The number of hydrogen-bond donors (Lipinski definition) is 2. The van der Waals surface area contributed by atoms with Gasteiger partial charge in [0.2, 0.25) is 0 Å². The number of aliphatic hydroxyl groups excluding tert-OH is 2. The molecule has 1 heterocycles. The van der Waals surface area contributed by atoms with Crippen LogP contribution >= 0.6 is 15.9 Å². The third-order valence-electron chi connectivity index (χ3n) is 3.14. The van der Waals surface area contributed by atoms with E-state index < -0.39 is 6.10 Å². The Morgan fingerprint density at radius 2 is 2.33 bits per heavy atom. The van der Waals surface area contributed by atoms with Gasteiger partial charge in [0.25, 0.3) is 0 Å². The van der Waals surface area contributed by atoms with Gasteiger partial charge in [-0.3, -0.25) is 0 Å². The highest BCUT2D eigenvalue weighted by Gasteiger charge is 2.21. The molecule has 0 aromatic heterocycles. The van der Waals surface area contributed by atoms with Crippen molar-refractivity contribution in [2.45, 2.75) is 19.1 Å². The number of benzene rings is 1. The Balaban J connectivity index is 2.17. The molecule has 0 aliphatic carbocycles. The van der Waals surface area contributed by atoms with Crippen molar-refractivity contribution in [3.05, 3.63) is 28.2 Å². The molecule has 1 saturated heterocycles. The van der Waals surface area contributed by atoms with E-state index in [-0.39, 0.29) is 12.7 Å².